The molecular formula is C17H12ClN3OS. The highest BCUT2D eigenvalue weighted by atomic mass is 35.5. The number of aryl methyl sites for hydroxylation is 1. The molecule has 0 aliphatic rings. The summed E-state index contributed by atoms with van der Waals surface area (Å²) in [6.45, 7) is 2.00. The summed E-state index contributed by atoms with van der Waals surface area (Å²) in [6.07, 6.45) is 0. The van der Waals surface area contributed by atoms with E-state index in [0.717, 1.165) is 33.5 Å². The van der Waals surface area contributed by atoms with Crippen LogP contribution < -0.4 is 0 Å². The van der Waals surface area contributed by atoms with E-state index < -0.39 is 0 Å². The van der Waals surface area contributed by atoms with Crippen LogP contribution >= 0.6 is 23.4 Å². The van der Waals surface area contributed by atoms with Crippen LogP contribution in [-0.2, 0) is 5.75 Å². The number of benzene rings is 2. The average molecular weight is 342 g/mol. The van der Waals surface area contributed by atoms with Crippen molar-refractivity contribution in [3.63, 3.8) is 0 Å². The van der Waals surface area contributed by atoms with Gasteiger partial charge >= 0.3 is 0 Å². The molecule has 0 aliphatic heterocycles. The number of halogens is 1. The Labute approximate surface area is 141 Å². The van der Waals surface area contributed by atoms with Crippen molar-refractivity contribution in [2.24, 2.45) is 0 Å². The first kappa shape index (κ1) is 14.5. The van der Waals surface area contributed by atoms with Crippen LogP contribution in [0, 0.1) is 6.92 Å². The molecule has 0 N–H and O–H groups in total. The van der Waals surface area contributed by atoms with Crippen LogP contribution in [0.25, 0.3) is 22.0 Å². The molecule has 0 spiro atoms. The quantitative estimate of drug-likeness (QED) is 0.489. The maximum atomic E-state index is 5.97. The molecule has 0 unspecified atom stereocenters. The fraction of sp³-hybridized carbons (Fsp3) is 0.118. The summed E-state index contributed by atoms with van der Waals surface area (Å²) in [5, 5.41) is 2.32. The summed E-state index contributed by atoms with van der Waals surface area (Å²) in [7, 11) is 0. The molecule has 0 fully saturated rings. The lowest BCUT2D eigenvalue weighted by atomic mass is 10.2. The first-order valence-corrected chi connectivity index (χ1v) is 8.46. The van der Waals surface area contributed by atoms with Crippen LogP contribution in [0.2, 0.25) is 5.02 Å². The highest BCUT2D eigenvalue weighted by Crippen LogP contribution is 2.27. The molecule has 0 atom stereocenters. The van der Waals surface area contributed by atoms with Crippen molar-refractivity contribution in [2.45, 2.75) is 17.9 Å². The molecule has 4 nitrogen and oxygen atoms in total. The highest BCUT2D eigenvalue weighted by molar-refractivity contribution is 7.98. The molecule has 4 aromatic rings. The highest BCUT2D eigenvalue weighted by Gasteiger charge is 2.09. The Balaban J connectivity index is 1.60. The number of para-hydroxylation sites is 1. The Kier molecular flexibility index (Phi) is 3.67. The van der Waals surface area contributed by atoms with Crippen molar-refractivity contribution in [3.05, 3.63) is 59.0 Å². The first-order chi connectivity index (χ1) is 11.2. The van der Waals surface area contributed by atoms with Crippen LogP contribution in [0.15, 0.2) is 52.1 Å². The first-order valence-electron chi connectivity index (χ1n) is 7.10. The fourth-order valence-corrected chi connectivity index (χ4v) is 3.29. The van der Waals surface area contributed by atoms with E-state index in [9.17, 15) is 0 Å². The Morgan fingerprint density at radius 3 is 2.83 bits per heavy atom. The van der Waals surface area contributed by atoms with Gasteiger partial charge in [0, 0.05) is 16.1 Å². The number of aromatic nitrogens is 3. The smallest absolute Gasteiger partial charge is 0.257 e. The number of fused-ring (bicyclic) bond motifs is 2. The number of rotatable bonds is 3. The molecule has 0 saturated heterocycles. The van der Waals surface area contributed by atoms with Gasteiger partial charge < -0.3 is 4.42 Å². The fourth-order valence-electron chi connectivity index (χ4n) is 2.43. The van der Waals surface area contributed by atoms with Crippen molar-refractivity contribution in [1.82, 2.24) is 15.0 Å². The lowest BCUT2D eigenvalue weighted by Gasteiger charge is -2.04. The van der Waals surface area contributed by atoms with Crippen molar-refractivity contribution in [3.8, 4) is 0 Å². The van der Waals surface area contributed by atoms with Crippen LogP contribution in [0.1, 0.15) is 11.5 Å². The summed E-state index contributed by atoms with van der Waals surface area (Å²) in [5.74, 6) is 1.37. The molecule has 2 heterocycles. The average Bonchev–Trinajstić information content (AvgIpc) is 2.95. The maximum Gasteiger partial charge on any atom is 0.257 e. The minimum absolute atomic E-state index is 0.594. The van der Waals surface area contributed by atoms with Crippen molar-refractivity contribution in [1.29, 1.82) is 0 Å². The predicted octanol–water partition coefficient (Wildman–Crippen LogP) is 5.03. The second kappa shape index (κ2) is 5.83. The second-order valence-electron chi connectivity index (χ2n) is 5.12. The van der Waals surface area contributed by atoms with E-state index in [0.29, 0.717) is 16.0 Å². The zero-order valence-electron chi connectivity index (χ0n) is 12.3. The molecule has 2 aromatic heterocycles. The van der Waals surface area contributed by atoms with Gasteiger partial charge in [0.25, 0.3) is 5.22 Å². The lowest BCUT2D eigenvalue weighted by molar-refractivity contribution is 0.489. The van der Waals surface area contributed by atoms with Crippen molar-refractivity contribution in [2.75, 3.05) is 0 Å². The monoisotopic (exact) mass is 341 g/mol. The van der Waals surface area contributed by atoms with Gasteiger partial charge in [-0.1, -0.05) is 41.6 Å². The molecule has 0 saturated carbocycles. The number of thioether (sulfide) groups is 1. The van der Waals surface area contributed by atoms with Gasteiger partial charge in [0.2, 0.25) is 0 Å². The van der Waals surface area contributed by atoms with Gasteiger partial charge in [-0.05, 0) is 31.2 Å². The Morgan fingerprint density at radius 1 is 1.04 bits per heavy atom. The second-order valence-corrected chi connectivity index (χ2v) is 6.49. The van der Waals surface area contributed by atoms with E-state index in [-0.39, 0.29) is 0 Å². The Hall–Kier alpha value is -2.11. The zero-order valence-corrected chi connectivity index (χ0v) is 13.9. The normalized spacial score (nSPS) is 11.4. The minimum Gasteiger partial charge on any atom is -0.431 e. The third kappa shape index (κ3) is 2.90. The van der Waals surface area contributed by atoms with Crippen molar-refractivity contribution >= 4 is 45.4 Å². The predicted molar refractivity (Wildman–Crippen MR) is 92.9 cm³/mol. The molecule has 2 aromatic carbocycles. The van der Waals surface area contributed by atoms with E-state index in [2.05, 4.69) is 15.0 Å². The van der Waals surface area contributed by atoms with E-state index in [1.54, 1.807) is 12.1 Å². The molecule has 0 aliphatic carbocycles. The van der Waals surface area contributed by atoms with Gasteiger partial charge in [0.05, 0.1) is 11.3 Å². The van der Waals surface area contributed by atoms with E-state index in [1.165, 1.54) is 11.8 Å². The third-order valence-electron chi connectivity index (χ3n) is 3.49. The van der Waals surface area contributed by atoms with Gasteiger partial charge in [0.15, 0.2) is 5.58 Å². The minimum atomic E-state index is 0.594. The number of nitrogens with zero attached hydrogens (tertiary/aromatic N) is 3. The van der Waals surface area contributed by atoms with Crippen LogP contribution in [0.5, 0.6) is 0 Å². The van der Waals surface area contributed by atoms with E-state index in [1.807, 2.05) is 37.3 Å². The van der Waals surface area contributed by atoms with Crippen LogP contribution in [-0.4, -0.2) is 15.0 Å². The van der Waals surface area contributed by atoms with E-state index in [4.69, 9.17) is 16.0 Å². The number of hydrogen-bond acceptors (Lipinski definition) is 5. The maximum absolute atomic E-state index is 5.97. The molecule has 23 heavy (non-hydrogen) atoms. The standard InChI is InChI=1S/C17H12ClN3OS/c1-10-12-4-2-3-5-13(12)20-16(19-10)9-23-17-21-14-8-11(18)6-7-15(14)22-17/h2-8H,9H2,1H3. The molecule has 0 radical (unpaired) electrons. The summed E-state index contributed by atoms with van der Waals surface area (Å²) < 4.78 is 5.70. The number of hydrogen-bond donors (Lipinski definition) is 0. The van der Waals surface area contributed by atoms with Crippen molar-refractivity contribution < 1.29 is 4.42 Å². The summed E-state index contributed by atoms with van der Waals surface area (Å²) in [5.41, 5.74) is 3.43. The summed E-state index contributed by atoms with van der Waals surface area (Å²) in [6, 6.07) is 13.4. The van der Waals surface area contributed by atoms with Gasteiger partial charge in [-0.15, -0.1) is 0 Å². The SMILES string of the molecule is Cc1nc(CSc2nc3cc(Cl)ccc3o2)nc2ccccc12. The lowest BCUT2D eigenvalue weighted by Crippen LogP contribution is -1.96. The Bertz CT molecular complexity index is 1020. The zero-order chi connectivity index (χ0) is 15.8. The third-order valence-corrected chi connectivity index (χ3v) is 4.55. The number of oxazole rings is 1. The summed E-state index contributed by atoms with van der Waals surface area (Å²) in [4.78, 5) is 13.6. The molecule has 4 rings (SSSR count). The topological polar surface area (TPSA) is 51.8 Å². The molecule has 114 valence electrons. The van der Waals surface area contributed by atoms with Gasteiger partial charge in [-0.25, -0.2) is 15.0 Å². The molecule has 0 amide bonds. The summed E-state index contributed by atoms with van der Waals surface area (Å²) >= 11 is 7.44. The van der Waals surface area contributed by atoms with Gasteiger partial charge in [-0.3, -0.25) is 0 Å². The Morgan fingerprint density at radius 2 is 1.91 bits per heavy atom. The molecular weight excluding hydrogens is 330 g/mol. The van der Waals surface area contributed by atoms with E-state index >= 15 is 0 Å². The van der Waals surface area contributed by atoms with Gasteiger partial charge in [0.1, 0.15) is 11.3 Å². The van der Waals surface area contributed by atoms with Crippen LogP contribution in [0.4, 0.5) is 0 Å². The molecule has 0 bridgehead atoms. The molecule has 6 heteroatoms. The largest absolute Gasteiger partial charge is 0.431 e. The van der Waals surface area contributed by atoms with Gasteiger partial charge in [-0.2, -0.15) is 0 Å². The van der Waals surface area contributed by atoms with Crippen LogP contribution in [0.3, 0.4) is 0 Å².